The summed E-state index contributed by atoms with van der Waals surface area (Å²) in [5.41, 5.74) is 2.80. The normalized spacial score (nSPS) is 10.9. The summed E-state index contributed by atoms with van der Waals surface area (Å²) in [5, 5.41) is 7.05. The van der Waals surface area contributed by atoms with Crippen molar-refractivity contribution in [1.82, 2.24) is 24.5 Å². The highest BCUT2D eigenvalue weighted by atomic mass is 16.2. The van der Waals surface area contributed by atoms with Crippen LogP contribution in [0.15, 0.2) is 72.0 Å². The third kappa shape index (κ3) is 3.35. The van der Waals surface area contributed by atoms with E-state index in [1.807, 2.05) is 49.5 Å². The highest BCUT2D eigenvalue weighted by Crippen LogP contribution is 2.08. The van der Waals surface area contributed by atoms with Gasteiger partial charge < -0.3 is 5.32 Å². The van der Waals surface area contributed by atoms with Gasteiger partial charge in [-0.15, -0.1) is 0 Å². The second-order valence-corrected chi connectivity index (χ2v) is 6.22. The number of nitrogens with one attached hydrogen (secondary N) is 1. The molecular weight excluding hydrogens is 342 g/mol. The molecule has 0 saturated heterocycles. The highest BCUT2D eigenvalue weighted by molar-refractivity contribution is 5.93. The molecule has 0 aliphatic heterocycles. The number of hydrogen-bond donors (Lipinski definition) is 1. The number of rotatable bonds is 4. The van der Waals surface area contributed by atoms with Crippen LogP contribution in [0.4, 0.5) is 0 Å². The Kier molecular flexibility index (Phi) is 4.25. The lowest BCUT2D eigenvalue weighted by molar-refractivity contribution is 0.0949. The van der Waals surface area contributed by atoms with E-state index in [1.54, 1.807) is 23.1 Å². The van der Waals surface area contributed by atoms with Crippen molar-refractivity contribution in [1.29, 1.82) is 0 Å². The van der Waals surface area contributed by atoms with Crippen LogP contribution in [0, 0.1) is 6.92 Å². The smallest absolute Gasteiger partial charge is 0.270 e. The minimum Gasteiger partial charge on any atom is -0.348 e. The van der Waals surface area contributed by atoms with E-state index in [2.05, 4.69) is 15.4 Å². The maximum atomic E-state index is 12.6. The first kappa shape index (κ1) is 16.7. The second-order valence-electron chi connectivity index (χ2n) is 6.22. The number of hydrogen-bond acceptors (Lipinski definition) is 4. The van der Waals surface area contributed by atoms with Crippen LogP contribution in [-0.4, -0.2) is 25.1 Å². The van der Waals surface area contributed by atoms with Crippen molar-refractivity contribution in [3.8, 4) is 5.69 Å². The van der Waals surface area contributed by atoms with E-state index >= 15 is 0 Å². The lowest BCUT2D eigenvalue weighted by atomic mass is 10.2. The van der Waals surface area contributed by atoms with Crippen LogP contribution >= 0.6 is 0 Å². The molecule has 0 radical (unpaired) electrons. The van der Waals surface area contributed by atoms with E-state index in [-0.39, 0.29) is 17.7 Å². The van der Waals surface area contributed by atoms with Gasteiger partial charge in [0.2, 0.25) is 0 Å². The van der Waals surface area contributed by atoms with Crippen LogP contribution in [0.3, 0.4) is 0 Å². The Labute approximate surface area is 154 Å². The number of aromatic nitrogens is 4. The molecule has 0 spiro atoms. The molecule has 0 bridgehead atoms. The summed E-state index contributed by atoms with van der Waals surface area (Å²) in [6, 6.07) is 13.3. The minimum atomic E-state index is -0.462. The standard InChI is InChI=1S/C20H17N5O2/c1-14-7-8-18-21-11-17(20(27)24(18)12-14)19(26)22-9-15-10-23-25(13-15)16-5-3-2-4-6-16/h2-8,10-13H,9H2,1H3,(H,22,26). The first-order valence-corrected chi connectivity index (χ1v) is 8.47. The summed E-state index contributed by atoms with van der Waals surface area (Å²) in [4.78, 5) is 29.2. The van der Waals surface area contributed by atoms with Crippen LogP contribution in [0.25, 0.3) is 11.3 Å². The van der Waals surface area contributed by atoms with Crippen LogP contribution in [0.1, 0.15) is 21.5 Å². The van der Waals surface area contributed by atoms with Gasteiger partial charge in [0.25, 0.3) is 11.5 Å². The predicted octanol–water partition coefficient (Wildman–Crippen LogP) is 2.12. The molecule has 0 fully saturated rings. The maximum absolute atomic E-state index is 12.6. The molecule has 4 rings (SSSR count). The summed E-state index contributed by atoms with van der Waals surface area (Å²) in [6.07, 6.45) is 6.51. The largest absolute Gasteiger partial charge is 0.348 e. The summed E-state index contributed by atoms with van der Waals surface area (Å²) >= 11 is 0. The molecule has 27 heavy (non-hydrogen) atoms. The van der Waals surface area contributed by atoms with Crippen molar-refractivity contribution < 1.29 is 4.79 Å². The molecule has 1 amide bonds. The van der Waals surface area contributed by atoms with Gasteiger partial charge in [-0.3, -0.25) is 14.0 Å². The van der Waals surface area contributed by atoms with Crippen molar-refractivity contribution in [3.63, 3.8) is 0 Å². The Balaban J connectivity index is 1.52. The van der Waals surface area contributed by atoms with Gasteiger partial charge >= 0.3 is 0 Å². The Morgan fingerprint density at radius 3 is 2.70 bits per heavy atom. The minimum absolute atomic E-state index is 0.00792. The lowest BCUT2D eigenvalue weighted by Gasteiger charge is -2.06. The van der Waals surface area contributed by atoms with Gasteiger partial charge in [-0.2, -0.15) is 5.10 Å². The predicted molar refractivity (Wildman–Crippen MR) is 101 cm³/mol. The van der Waals surface area contributed by atoms with Crippen molar-refractivity contribution in [2.75, 3.05) is 0 Å². The highest BCUT2D eigenvalue weighted by Gasteiger charge is 2.13. The van der Waals surface area contributed by atoms with Gasteiger partial charge in [0, 0.05) is 30.7 Å². The molecule has 7 nitrogen and oxygen atoms in total. The fraction of sp³-hybridized carbons (Fsp3) is 0.100. The molecule has 3 heterocycles. The number of carbonyl (C=O) groups excluding carboxylic acids is 1. The van der Waals surface area contributed by atoms with Crippen molar-refractivity contribution >= 4 is 11.6 Å². The Hall–Kier alpha value is -3.74. The van der Waals surface area contributed by atoms with Gasteiger partial charge in [0.15, 0.2) is 0 Å². The molecule has 0 aliphatic carbocycles. The van der Waals surface area contributed by atoms with Crippen molar-refractivity contribution in [2.24, 2.45) is 0 Å². The molecule has 0 aliphatic rings. The lowest BCUT2D eigenvalue weighted by Crippen LogP contribution is -2.31. The Morgan fingerprint density at radius 1 is 1.07 bits per heavy atom. The number of fused-ring (bicyclic) bond motifs is 1. The van der Waals surface area contributed by atoms with E-state index in [0.29, 0.717) is 5.65 Å². The van der Waals surface area contributed by atoms with E-state index < -0.39 is 5.91 Å². The van der Waals surface area contributed by atoms with Gasteiger partial charge in [0.1, 0.15) is 11.2 Å². The van der Waals surface area contributed by atoms with Crippen molar-refractivity contribution in [3.05, 3.63) is 94.3 Å². The zero-order valence-electron chi connectivity index (χ0n) is 14.7. The van der Waals surface area contributed by atoms with E-state index in [0.717, 1.165) is 16.8 Å². The molecular formula is C20H17N5O2. The SMILES string of the molecule is Cc1ccc2ncc(C(=O)NCc3cnn(-c4ccccc4)c3)c(=O)n2c1. The number of amides is 1. The molecule has 0 atom stereocenters. The van der Waals surface area contributed by atoms with Crippen LogP contribution in [0.5, 0.6) is 0 Å². The van der Waals surface area contributed by atoms with Crippen molar-refractivity contribution in [2.45, 2.75) is 13.5 Å². The van der Waals surface area contributed by atoms with Crippen LogP contribution in [0.2, 0.25) is 0 Å². The fourth-order valence-corrected chi connectivity index (χ4v) is 2.79. The van der Waals surface area contributed by atoms with Crippen LogP contribution in [-0.2, 0) is 6.54 Å². The summed E-state index contributed by atoms with van der Waals surface area (Å²) < 4.78 is 3.12. The Morgan fingerprint density at radius 2 is 1.89 bits per heavy atom. The number of carbonyl (C=O) groups is 1. The first-order valence-electron chi connectivity index (χ1n) is 8.47. The monoisotopic (exact) mass is 359 g/mol. The summed E-state index contributed by atoms with van der Waals surface area (Å²) in [5.74, 6) is -0.462. The van der Waals surface area contributed by atoms with Gasteiger partial charge in [-0.05, 0) is 30.7 Å². The van der Waals surface area contributed by atoms with E-state index in [9.17, 15) is 9.59 Å². The summed E-state index contributed by atoms with van der Waals surface area (Å²) in [7, 11) is 0. The molecule has 134 valence electrons. The van der Waals surface area contributed by atoms with Gasteiger partial charge in [-0.25, -0.2) is 9.67 Å². The average molecular weight is 359 g/mol. The topological polar surface area (TPSA) is 81.3 Å². The van der Waals surface area contributed by atoms with Gasteiger partial charge in [0.05, 0.1) is 11.9 Å². The van der Waals surface area contributed by atoms with E-state index in [4.69, 9.17) is 0 Å². The number of pyridine rings is 1. The first-order chi connectivity index (χ1) is 13.1. The molecule has 1 aromatic carbocycles. The molecule has 7 heteroatoms. The molecule has 0 unspecified atom stereocenters. The quantitative estimate of drug-likeness (QED) is 0.605. The number of para-hydroxylation sites is 1. The van der Waals surface area contributed by atoms with Gasteiger partial charge in [-0.1, -0.05) is 24.3 Å². The average Bonchev–Trinajstić information content (AvgIpc) is 3.17. The molecule has 4 aromatic rings. The number of benzene rings is 1. The second kappa shape index (κ2) is 6.87. The third-order valence-corrected chi connectivity index (χ3v) is 4.20. The zero-order chi connectivity index (χ0) is 18.8. The number of aryl methyl sites for hydroxylation is 1. The molecule has 1 N–H and O–H groups in total. The van der Waals surface area contributed by atoms with E-state index in [1.165, 1.54) is 10.6 Å². The summed E-state index contributed by atoms with van der Waals surface area (Å²) in [6.45, 7) is 2.14. The zero-order valence-corrected chi connectivity index (χ0v) is 14.7. The fourth-order valence-electron chi connectivity index (χ4n) is 2.79. The Bertz CT molecular complexity index is 1180. The molecule has 3 aromatic heterocycles. The maximum Gasteiger partial charge on any atom is 0.270 e. The third-order valence-electron chi connectivity index (χ3n) is 4.20. The number of nitrogens with zero attached hydrogens (tertiary/aromatic N) is 4. The van der Waals surface area contributed by atoms with Crippen LogP contribution < -0.4 is 10.9 Å². The molecule has 0 saturated carbocycles.